The molecule has 3 aliphatic rings. The molecule has 4 unspecified atom stereocenters. The molecule has 0 aromatic carbocycles. The van der Waals surface area contributed by atoms with Crippen LogP contribution in [0.25, 0.3) is 0 Å². The van der Waals surface area contributed by atoms with Crippen LogP contribution in [0.2, 0.25) is 0 Å². The van der Waals surface area contributed by atoms with Crippen molar-refractivity contribution in [3.63, 3.8) is 0 Å². The molecule has 1 N–H and O–H groups in total. The second-order valence-electron chi connectivity index (χ2n) is 8.25. The zero-order chi connectivity index (χ0) is 17.1. The number of hydrogen-bond donors (Lipinski definition) is 2. The van der Waals surface area contributed by atoms with Crippen LogP contribution in [0, 0.1) is 17.8 Å². The van der Waals surface area contributed by atoms with Crippen LogP contribution in [0.3, 0.4) is 0 Å². The Morgan fingerprint density at radius 1 is 0.792 bits per heavy atom. The maximum absolute atomic E-state index is 13.9. The first kappa shape index (κ1) is 18.9. The van der Waals surface area contributed by atoms with E-state index in [9.17, 15) is 13.9 Å². The maximum atomic E-state index is 13.9. The summed E-state index contributed by atoms with van der Waals surface area (Å²) in [6.45, 7) is 0.546. The van der Waals surface area contributed by atoms with Crippen molar-refractivity contribution < 1.29 is 18.6 Å². The predicted molar refractivity (Wildman–Crippen MR) is 95.0 cm³/mol. The van der Waals surface area contributed by atoms with Crippen LogP contribution >= 0.6 is 12.6 Å². The van der Waals surface area contributed by atoms with Crippen molar-refractivity contribution in [2.45, 2.75) is 94.0 Å². The third kappa shape index (κ3) is 4.64. The molecule has 5 heteroatoms. The van der Waals surface area contributed by atoms with Gasteiger partial charge in [-0.15, -0.1) is 0 Å². The van der Waals surface area contributed by atoms with Gasteiger partial charge in [-0.25, -0.2) is 8.78 Å². The van der Waals surface area contributed by atoms with Crippen LogP contribution < -0.4 is 0 Å². The molecule has 140 valence electrons. The number of hydrogen-bond acceptors (Lipinski definition) is 3. The molecule has 0 aliphatic heterocycles. The van der Waals surface area contributed by atoms with Crippen LogP contribution in [0.15, 0.2) is 0 Å². The van der Waals surface area contributed by atoms with E-state index in [1.807, 2.05) is 0 Å². The fraction of sp³-hybridized carbons (Fsp3) is 1.00. The first-order chi connectivity index (χ1) is 11.5. The number of alkyl halides is 2. The lowest BCUT2D eigenvalue weighted by Gasteiger charge is -2.38. The minimum Gasteiger partial charge on any atom is -0.390 e. The summed E-state index contributed by atoms with van der Waals surface area (Å²) in [5.74, 6) is 2.20. The van der Waals surface area contributed by atoms with E-state index in [1.165, 1.54) is 38.5 Å². The van der Waals surface area contributed by atoms with Gasteiger partial charge in [0.1, 0.15) is 0 Å². The largest absolute Gasteiger partial charge is 0.390 e. The molecule has 24 heavy (non-hydrogen) atoms. The van der Waals surface area contributed by atoms with Gasteiger partial charge >= 0.3 is 0 Å². The molecule has 0 amide bonds. The van der Waals surface area contributed by atoms with E-state index in [0.717, 1.165) is 24.7 Å². The van der Waals surface area contributed by atoms with E-state index >= 15 is 0 Å². The molecule has 0 aromatic rings. The van der Waals surface area contributed by atoms with Crippen molar-refractivity contribution in [2.24, 2.45) is 17.8 Å². The molecule has 0 radical (unpaired) electrons. The lowest BCUT2D eigenvalue weighted by molar-refractivity contribution is -0.106. The summed E-state index contributed by atoms with van der Waals surface area (Å²) < 4.78 is 33.2. The summed E-state index contributed by atoms with van der Waals surface area (Å²) in [6.07, 6.45) is 5.38. The molecule has 0 saturated heterocycles. The number of aliphatic hydroxyl groups excluding tert-OH is 1. The minimum absolute atomic E-state index is 0.298. The van der Waals surface area contributed by atoms with E-state index in [0.29, 0.717) is 30.6 Å². The molecule has 3 rings (SSSR count). The third-order valence-electron chi connectivity index (χ3n) is 6.62. The van der Waals surface area contributed by atoms with E-state index in [4.69, 9.17) is 4.74 Å². The van der Waals surface area contributed by atoms with Crippen molar-refractivity contribution in [1.29, 1.82) is 0 Å². The van der Waals surface area contributed by atoms with Crippen LogP contribution in [0.1, 0.15) is 64.2 Å². The summed E-state index contributed by atoms with van der Waals surface area (Å²) in [6, 6.07) is 0. The second kappa shape index (κ2) is 8.68. The lowest BCUT2D eigenvalue weighted by atomic mass is 9.71. The first-order valence-corrected chi connectivity index (χ1v) is 10.3. The Balaban J connectivity index is 1.37. The van der Waals surface area contributed by atoms with Gasteiger partial charge in [-0.3, -0.25) is 0 Å². The van der Waals surface area contributed by atoms with Gasteiger partial charge in [0, 0.05) is 11.9 Å². The van der Waals surface area contributed by atoms with E-state index < -0.39 is 24.6 Å². The van der Waals surface area contributed by atoms with Crippen LogP contribution in [-0.4, -0.2) is 41.5 Å². The summed E-state index contributed by atoms with van der Waals surface area (Å²) in [7, 11) is 0. The maximum Gasteiger partial charge on any atom is 0.160 e. The number of ether oxygens (including phenoxy) is 1. The van der Waals surface area contributed by atoms with Gasteiger partial charge in [-0.2, -0.15) is 12.6 Å². The molecule has 4 atom stereocenters. The molecule has 0 heterocycles. The number of halogens is 2. The molecule has 3 fully saturated rings. The number of aliphatic hydroxyl groups is 1. The molecule has 0 spiro atoms. The van der Waals surface area contributed by atoms with E-state index in [1.54, 1.807) is 0 Å². The summed E-state index contributed by atoms with van der Waals surface area (Å²) >= 11 is 4.59. The summed E-state index contributed by atoms with van der Waals surface area (Å²) in [4.78, 5) is 0. The van der Waals surface area contributed by atoms with Gasteiger partial charge in [0.2, 0.25) is 0 Å². The van der Waals surface area contributed by atoms with Gasteiger partial charge in [0.15, 0.2) is 12.3 Å². The topological polar surface area (TPSA) is 29.5 Å². The molecule has 2 nitrogen and oxygen atoms in total. The fourth-order valence-corrected chi connectivity index (χ4v) is 5.20. The Hall–Kier alpha value is 0.130. The quantitative estimate of drug-likeness (QED) is 0.721. The minimum atomic E-state index is -1.79. The zero-order valence-corrected chi connectivity index (χ0v) is 15.4. The highest BCUT2D eigenvalue weighted by molar-refractivity contribution is 7.80. The van der Waals surface area contributed by atoms with Gasteiger partial charge in [0.05, 0.1) is 12.2 Å². The zero-order valence-electron chi connectivity index (χ0n) is 14.5. The summed E-state index contributed by atoms with van der Waals surface area (Å²) in [5.41, 5.74) is 0. The van der Waals surface area contributed by atoms with Crippen molar-refractivity contribution in [3.8, 4) is 0 Å². The highest BCUT2D eigenvalue weighted by Gasteiger charge is 2.40. The Morgan fingerprint density at radius 3 is 2.00 bits per heavy atom. The van der Waals surface area contributed by atoms with E-state index in [-0.39, 0.29) is 0 Å². The van der Waals surface area contributed by atoms with Gasteiger partial charge in [0.25, 0.3) is 0 Å². The smallest absolute Gasteiger partial charge is 0.160 e. The molecule has 3 aliphatic carbocycles. The average Bonchev–Trinajstić information content (AvgIpc) is 2.60. The standard InChI is InChI=1S/C19H32F2O2S/c20-18-16(22)9-10-17(19(18)21)23-11-12-1-3-13(4-2-12)14-5-7-15(24)8-6-14/h12-19,22,24H,1-11H2. The normalized spacial score (nSPS) is 47.5. The Morgan fingerprint density at radius 2 is 1.38 bits per heavy atom. The Bertz CT molecular complexity index is 382. The van der Waals surface area contributed by atoms with Gasteiger partial charge in [-0.1, -0.05) is 0 Å². The van der Waals surface area contributed by atoms with Crippen LogP contribution in [0.4, 0.5) is 8.78 Å². The van der Waals surface area contributed by atoms with Crippen molar-refractivity contribution in [1.82, 2.24) is 0 Å². The van der Waals surface area contributed by atoms with Crippen molar-refractivity contribution in [3.05, 3.63) is 0 Å². The molecule has 3 saturated carbocycles. The van der Waals surface area contributed by atoms with Crippen molar-refractivity contribution in [2.75, 3.05) is 6.61 Å². The molecular formula is C19H32F2O2S. The molecule has 0 bridgehead atoms. The SMILES string of the molecule is OC1CCC(OCC2CCC(C3CCC(S)CC3)CC2)C(F)C1F. The number of thiol groups is 1. The second-order valence-corrected chi connectivity index (χ2v) is 8.99. The highest BCUT2D eigenvalue weighted by Crippen LogP contribution is 2.41. The van der Waals surface area contributed by atoms with Crippen LogP contribution in [-0.2, 0) is 4.74 Å². The summed E-state index contributed by atoms with van der Waals surface area (Å²) in [5, 5.41) is 9.98. The highest BCUT2D eigenvalue weighted by atomic mass is 32.1. The van der Waals surface area contributed by atoms with E-state index in [2.05, 4.69) is 12.6 Å². The molecular weight excluding hydrogens is 330 g/mol. The first-order valence-electron chi connectivity index (χ1n) is 9.80. The predicted octanol–water partition coefficient (Wildman–Crippen LogP) is 4.50. The van der Waals surface area contributed by atoms with Gasteiger partial charge < -0.3 is 9.84 Å². The third-order valence-corrected chi connectivity index (χ3v) is 7.14. The van der Waals surface area contributed by atoms with Crippen molar-refractivity contribution >= 4 is 12.6 Å². The average molecular weight is 363 g/mol. The van der Waals surface area contributed by atoms with Gasteiger partial charge in [-0.05, 0) is 82.0 Å². The fourth-order valence-electron chi connectivity index (χ4n) is 4.90. The monoisotopic (exact) mass is 362 g/mol. The number of rotatable bonds is 4. The molecule has 0 aromatic heterocycles. The lowest BCUT2D eigenvalue weighted by Crippen LogP contribution is -2.46. The Labute approximate surface area is 150 Å². The Kier molecular flexibility index (Phi) is 6.84. The van der Waals surface area contributed by atoms with Crippen LogP contribution in [0.5, 0.6) is 0 Å².